The van der Waals surface area contributed by atoms with Crippen molar-refractivity contribution in [2.24, 2.45) is 0 Å². The van der Waals surface area contributed by atoms with Crippen molar-refractivity contribution in [1.82, 2.24) is 20.2 Å². The number of nitrogens with zero attached hydrogens (tertiary/aromatic N) is 2. The number of likely N-dealkylation sites (N-methyl/N-ethyl adjacent to an activating group) is 1. The van der Waals surface area contributed by atoms with E-state index in [1.165, 1.54) is 11.3 Å². The van der Waals surface area contributed by atoms with Crippen LogP contribution in [0, 0.1) is 0 Å². The molecule has 18 heavy (non-hydrogen) atoms. The molecule has 2 aromatic heterocycles. The maximum Gasteiger partial charge on any atom is 0.268 e. The zero-order valence-corrected chi connectivity index (χ0v) is 11.7. The molecule has 2 heterocycles. The van der Waals surface area contributed by atoms with Gasteiger partial charge in [0.25, 0.3) is 5.56 Å². The third kappa shape index (κ3) is 3.16. The van der Waals surface area contributed by atoms with Gasteiger partial charge in [0.1, 0.15) is 10.5 Å². The number of nitrogens with one attached hydrogen (secondary N) is 2. The predicted molar refractivity (Wildman–Crippen MR) is 75.1 cm³/mol. The molecule has 2 rings (SSSR count). The molecule has 0 aromatic carbocycles. The monoisotopic (exact) mass is 266 g/mol. The average molecular weight is 266 g/mol. The van der Waals surface area contributed by atoms with Gasteiger partial charge in [-0.2, -0.15) is 0 Å². The Morgan fingerprint density at radius 3 is 3.06 bits per heavy atom. The quantitative estimate of drug-likeness (QED) is 0.848. The first kappa shape index (κ1) is 13.2. The van der Waals surface area contributed by atoms with E-state index < -0.39 is 0 Å². The highest BCUT2D eigenvalue weighted by atomic mass is 32.1. The fourth-order valence-corrected chi connectivity index (χ4v) is 2.61. The van der Waals surface area contributed by atoms with Crippen molar-refractivity contribution < 1.29 is 0 Å². The number of H-pyrrole nitrogens is 1. The molecule has 0 amide bonds. The molecule has 1 atom stereocenters. The van der Waals surface area contributed by atoms with E-state index in [9.17, 15) is 4.79 Å². The van der Waals surface area contributed by atoms with E-state index in [-0.39, 0.29) is 5.56 Å². The fourth-order valence-electron chi connectivity index (χ4n) is 1.89. The summed E-state index contributed by atoms with van der Waals surface area (Å²) in [7, 11) is 4.07. The Balaban J connectivity index is 2.05. The zero-order chi connectivity index (χ0) is 13.1. The lowest BCUT2D eigenvalue weighted by Crippen LogP contribution is -2.36. The second kappa shape index (κ2) is 5.60. The highest BCUT2D eigenvalue weighted by molar-refractivity contribution is 7.17. The molecule has 0 saturated carbocycles. The van der Waals surface area contributed by atoms with Crippen molar-refractivity contribution in [3.63, 3.8) is 0 Å². The number of hydrogen-bond acceptors (Lipinski definition) is 5. The second-order valence-corrected chi connectivity index (χ2v) is 5.61. The van der Waals surface area contributed by atoms with Crippen LogP contribution >= 0.6 is 11.3 Å². The Kier molecular flexibility index (Phi) is 4.11. The highest BCUT2D eigenvalue weighted by Gasteiger charge is 2.07. The minimum Gasteiger partial charge on any atom is -0.308 e. The number of rotatable bonds is 5. The molecule has 0 saturated heterocycles. The van der Waals surface area contributed by atoms with Crippen LogP contribution in [-0.4, -0.2) is 41.5 Å². The van der Waals surface area contributed by atoms with Crippen LogP contribution < -0.4 is 10.9 Å². The van der Waals surface area contributed by atoms with E-state index in [0.717, 1.165) is 12.1 Å². The third-order valence-corrected chi connectivity index (χ3v) is 3.52. The molecule has 1 unspecified atom stereocenters. The molecule has 0 fully saturated rings. The van der Waals surface area contributed by atoms with E-state index >= 15 is 0 Å². The Hall–Kier alpha value is -1.24. The number of fused-ring (bicyclic) bond motifs is 1. The van der Waals surface area contributed by atoms with E-state index in [1.807, 2.05) is 25.5 Å². The Morgan fingerprint density at radius 2 is 2.33 bits per heavy atom. The van der Waals surface area contributed by atoms with E-state index in [0.29, 0.717) is 23.1 Å². The van der Waals surface area contributed by atoms with Crippen LogP contribution in [0.3, 0.4) is 0 Å². The molecule has 0 aliphatic rings. The van der Waals surface area contributed by atoms with Crippen LogP contribution in [0.1, 0.15) is 12.7 Å². The number of aromatic amines is 1. The van der Waals surface area contributed by atoms with Gasteiger partial charge in [-0.3, -0.25) is 4.79 Å². The lowest BCUT2D eigenvalue weighted by Gasteiger charge is -2.17. The van der Waals surface area contributed by atoms with Gasteiger partial charge in [0.2, 0.25) is 0 Å². The molecule has 0 radical (unpaired) electrons. The second-order valence-electron chi connectivity index (χ2n) is 4.69. The molecule has 2 N–H and O–H groups in total. The smallest absolute Gasteiger partial charge is 0.268 e. The highest BCUT2D eigenvalue weighted by Crippen LogP contribution is 2.13. The molecule has 2 aromatic rings. The summed E-state index contributed by atoms with van der Waals surface area (Å²) >= 11 is 1.42. The summed E-state index contributed by atoms with van der Waals surface area (Å²) in [5.74, 6) is 0.691. The van der Waals surface area contributed by atoms with E-state index in [4.69, 9.17) is 0 Å². The van der Waals surface area contributed by atoms with Crippen molar-refractivity contribution >= 4 is 21.6 Å². The normalized spacial score (nSPS) is 13.3. The van der Waals surface area contributed by atoms with Crippen LogP contribution in [0.25, 0.3) is 10.2 Å². The Labute approximate surface area is 110 Å². The molecule has 5 nitrogen and oxygen atoms in total. The first-order chi connectivity index (χ1) is 8.56. The van der Waals surface area contributed by atoms with Crippen LogP contribution in [-0.2, 0) is 6.54 Å². The summed E-state index contributed by atoms with van der Waals surface area (Å²) in [5.41, 5.74) is 0.730. The lowest BCUT2D eigenvalue weighted by molar-refractivity contribution is 0.347. The Bertz CT molecular complexity index is 575. The standard InChI is InChI=1S/C12H18N4OS/c1-8(7-16(2)3)13-6-10-14-9-4-5-18-11(9)12(17)15-10/h4-5,8,13H,6-7H2,1-3H3,(H,14,15,17). The van der Waals surface area contributed by atoms with Crippen LogP contribution in [0.2, 0.25) is 0 Å². The van der Waals surface area contributed by atoms with Crippen molar-refractivity contribution in [2.75, 3.05) is 20.6 Å². The van der Waals surface area contributed by atoms with Crippen LogP contribution in [0.15, 0.2) is 16.2 Å². The van der Waals surface area contributed by atoms with Crippen molar-refractivity contribution in [3.05, 3.63) is 27.6 Å². The summed E-state index contributed by atoms with van der Waals surface area (Å²) in [6.45, 7) is 3.64. The largest absolute Gasteiger partial charge is 0.308 e. The van der Waals surface area contributed by atoms with Crippen LogP contribution in [0.4, 0.5) is 0 Å². The fraction of sp³-hybridized carbons (Fsp3) is 0.500. The van der Waals surface area contributed by atoms with Gasteiger partial charge in [-0.1, -0.05) is 0 Å². The summed E-state index contributed by atoms with van der Waals surface area (Å²) in [4.78, 5) is 21.1. The van der Waals surface area contributed by atoms with Crippen molar-refractivity contribution in [2.45, 2.75) is 19.5 Å². The first-order valence-corrected chi connectivity index (χ1v) is 6.78. The molecule has 0 bridgehead atoms. The number of aromatic nitrogens is 2. The lowest BCUT2D eigenvalue weighted by atomic mass is 10.3. The molecule has 98 valence electrons. The summed E-state index contributed by atoms with van der Waals surface area (Å²) in [5, 5.41) is 5.23. The molecule has 0 aliphatic heterocycles. The van der Waals surface area contributed by atoms with Crippen molar-refractivity contribution in [1.29, 1.82) is 0 Å². The van der Waals surface area contributed by atoms with Gasteiger partial charge in [0.05, 0.1) is 12.1 Å². The first-order valence-electron chi connectivity index (χ1n) is 5.91. The topological polar surface area (TPSA) is 61.0 Å². The minimum atomic E-state index is -0.0490. The zero-order valence-electron chi connectivity index (χ0n) is 10.9. The van der Waals surface area contributed by atoms with Crippen molar-refractivity contribution in [3.8, 4) is 0 Å². The number of thiophene rings is 1. The SMILES string of the molecule is CC(CN(C)C)NCc1nc2ccsc2c(=O)[nH]1. The summed E-state index contributed by atoms with van der Waals surface area (Å²) in [6, 6.07) is 2.23. The third-order valence-electron chi connectivity index (χ3n) is 2.62. The van der Waals surface area contributed by atoms with Gasteiger partial charge in [-0.15, -0.1) is 11.3 Å². The summed E-state index contributed by atoms with van der Waals surface area (Å²) in [6.07, 6.45) is 0. The Morgan fingerprint density at radius 1 is 1.56 bits per heavy atom. The molecular weight excluding hydrogens is 248 g/mol. The van der Waals surface area contributed by atoms with Gasteiger partial charge in [0.15, 0.2) is 0 Å². The van der Waals surface area contributed by atoms with Gasteiger partial charge in [-0.25, -0.2) is 4.98 Å². The maximum absolute atomic E-state index is 11.8. The molecule has 0 aliphatic carbocycles. The summed E-state index contributed by atoms with van der Waals surface area (Å²) < 4.78 is 0.695. The van der Waals surface area contributed by atoms with Gasteiger partial charge < -0.3 is 15.2 Å². The van der Waals surface area contributed by atoms with Gasteiger partial charge in [-0.05, 0) is 32.5 Å². The number of hydrogen-bond donors (Lipinski definition) is 2. The van der Waals surface area contributed by atoms with E-state index in [2.05, 4.69) is 27.1 Å². The molecule has 6 heteroatoms. The molecule has 0 spiro atoms. The van der Waals surface area contributed by atoms with E-state index in [1.54, 1.807) is 0 Å². The van der Waals surface area contributed by atoms with Crippen LogP contribution in [0.5, 0.6) is 0 Å². The average Bonchev–Trinajstić information content (AvgIpc) is 2.74. The predicted octanol–water partition coefficient (Wildman–Crippen LogP) is 1.02. The molecular formula is C12H18N4OS. The van der Waals surface area contributed by atoms with Gasteiger partial charge >= 0.3 is 0 Å². The van der Waals surface area contributed by atoms with Gasteiger partial charge in [0, 0.05) is 12.6 Å². The minimum absolute atomic E-state index is 0.0490. The maximum atomic E-state index is 11.8.